The van der Waals surface area contributed by atoms with Crippen LogP contribution in [0.15, 0.2) is 48.5 Å². The second-order valence-electron chi connectivity index (χ2n) is 5.36. The number of hydrogen-bond donors (Lipinski definition) is 1. The Kier molecular flexibility index (Phi) is 4.03. The quantitative estimate of drug-likeness (QED) is 0.519. The van der Waals surface area contributed by atoms with Crippen LogP contribution in [0.25, 0.3) is 12.1 Å². The van der Waals surface area contributed by atoms with E-state index in [1.807, 2.05) is 0 Å². The zero-order chi connectivity index (χ0) is 28.1. The maximum atomic E-state index is 12.4. The van der Waals surface area contributed by atoms with Gasteiger partial charge in [-0.2, -0.15) is 0 Å². The van der Waals surface area contributed by atoms with Gasteiger partial charge in [-0.15, -0.1) is 0 Å². The Hall–Kier alpha value is -3.54. The van der Waals surface area contributed by atoms with E-state index in [1.54, 1.807) is 0 Å². The molecule has 28 heavy (non-hydrogen) atoms. The number of rotatable bonds is 9. The minimum atomic E-state index is -2.95. The highest BCUT2D eigenvalue weighted by Crippen LogP contribution is 2.28. The highest BCUT2D eigenvalue weighted by molar-refractivity contribution is 6.10. The van der Waals surface area contributed by atoms with E-state index < -0.39 is 61.7 Å². The Morgan fingerprint density at radius 1 is 0.964 bits per heavy atom. The Balaban J connectivity index is 2.27. The number of benzene rings is 2. The third-order valence-electron chi connectivity index (χ3n) is 3.43. The Morgan fingerprint density at radius 3 is 2.39 bits per heavy atom. The fourth-order valence-electron chi connectivity index (χ4n) is 2.08. The summed E-state index contributed by atoms with van der Waals surface area (Å²) in [5.41, 5.74) is 0.158. The van der Waals surface area contributed by atoms with Gasteiger partial charge in [0.1, 0.15) is 0 Å². The molecular weight excluding hydrogens is 360 g/mol. The lowest BCUT2D eigenvalue weighted by Crippen LogP contribution is -2.01. The van der Waals surface area contributed by atoms with E-state index in [9.17, 15) is 14.7 Å². The number of carbonyl (C=O) groups excluding carboxylic acids is 2. The maximum Gasteiger partial charge on any atom is 0.163 e. The summed E-state index contributed by atoms with van der Waals surface area (Å²) in [7, 11) is -4.57. The summed E-state index contributed by atoms with van der Waals surface area (Å²) in [5, 5.41) is 9.65. The van der Waals surface area contributed by atoms with Crippen molar-refractivity contribution in [3.63, 3.8) is 0 Å². The SMILES string of the molecule is [2H]/C(=C\c1ccc(OC([2H])([2H])[2H])c(OC([2H])([2H])[2H])c1)C(=O)CC(=O)/C([2H])=C(\[2H])c1ccc(O)c(OC)c1. The molecule has 0 atom stereocenters. The molecule has 0 saturated carbocycles. The van der Waals surface area contributed by atoms with E-state index in [2.05, 4.69) is 0 Å². The number of ketones is 2. The number of allylic oxidation sites excluding steroid dienone is 2. The first-order chi connectivity index (χ1) is 17.0. The predicted octanol–water partition coefficient (Wildman–Crippen LogP) is 3.67. The molecule has 0 aliphatic heterocycles. The first kappa shape index (κ1) is 11.3. The van der Waals surface area contributed by atoms with E-state index in [-0.39, 0.29) is 22.6 Å². The summed E-state index contributed by atoms with van der Waals surface area (Å²) in [6.07, 6.45) is 0.0888. The molecule has 2 aromatic carbocycles. The van der Waals surface area contributed by atoms with Gasteiger partial charge in [-0.25, -0.2) is 0 Å². The molecule has 0 bridgehead atoms. The van der Waals surface area contributed by atoms with Gasteiger partial charge >= 0.3 is 0 Å². The third-order valence-corrected chi connectivity index (χ3v) is 3.43. The number of phenols is 1. The van der Waals surface area contributed by atoms with Crippen molar-refractivity contribution in [2.75, 3.05) is 21.2 Å². The van der Waals surface area contributed by atoms with Crippen molar-refractivity contribution in [2.24, 2.45) is 0 Å². The zero-order valence-electron chi connectivity index (χ0n) is 23.7. The summed E-state index contributed by atoms with van der Waals surface area (Å²) in [6.45, 7) is 0. The number of methoxy groups -OCH3 is 3. The van der Waals surface area contributed by atoms with Gasteiger partial charge in [-0.05, 0) is 47.5 Å². The lowest BCUT2D eigenvalue weighted by molar-refractivity contribution is -0.121. The summed E-state index contributed by atoms with van der Waals surface area (Å²) in [5.74, 6) is -3.09. The Labute approximate surface area is 176 Å². The number of phenolic OH excluding ortho intramolecular Hbond substituents is 1. The predicted molar refractivity (Wildman–Crippen MR) is 107 cm³/mol. The van der Waals surface area contributed by atoms with Crippen molar-refractivity contribution in [1.82, 2.24) is 0 Å². The summed E-state index contributed by atoms with van der Waals surface area (Å²) in [4.78, 5) is 24.8. The van der Waals surface area contributed by atoms with Crippen molar-refractivity contribution in [3.8, 4) is 23.0 Å². The van der Waals surface area contributed by atoms with Gasteiger partial charge in [0.15, 0.2) is 34.6 Å². The van der Waals surface area contributed by atoms with E-state index in [4.69, 9.17) is 26.5 Å². The van der Waals surface area contributed by atoms with Gasteiger partial charge in [0.2, 0.25) is 0 Å². The third kappa shape index (κ3) is 5.74. The number of carbonyl (C=O) groups is 2. The molecule has 0 unspecified atom stereocenters. The first-order valence-corrected chi connectivity index (χ1v) is 7.82. The molecule has 0 aromatic heterocycles. The van der Waals surface area contributed by atoms with Crippen LogP contribution >= 0.6 is 0 Å². The largest absolute Gasteiger partial charge is 0.504 e. The lowest BCUT2D eigenvalue weighted by Gasteiger charge is -2.07. The second-order valence-corrected chi connectivity index (χ2v) is 5.36. The zero-order valence-corrected chi connectivity index (χ0v) is 14.7. The van der Waals surface area contributed by atoms with Crippen LogP contribution in [0.2, 0.25) is 0 Å². The molecular formula is C22H22O6. The topological polar surface area (TPSA) is 82.1 Å². The van der Waals surface area contributed by atoms with Crippen LogP contribution < -0.4 is 14.2 Å². The fourth-order valence-corrected chi connectivity index (χ4v) is 2.08. The molecule has 0 aliphatic carbocycles. The fraction of sp³-hybridized carbons (Fsp3) is 0.182. The van der Waals surface area contributed by atoms with Crippen LogP contribution in [0.3, 0.4) is 0 Å². The van der Waals surface area contributed by atoms with Gasteiger partial charge in [0, 0.05) is 0 Å². The maximum absolute atomic E-state index is 12.4. The monoisotopic (exact) mass is 391 g/mol. The van der Waals surface area contributed by atoms with Crippen molar-refractivity contribution in [2.45, 2.75) is 6.42 Å². The van der Waals surface area contributed by atoms with Crippen LogP contribution in [-0.4, -0.2) is 37.9 Å². The molecule has 0 radical (unpaired) electrons. The molecule has 2 aromatic rings. The number of aromatic hydroxyl groups is 1. The molecule has 0 amide bonds. The van der Waals surface area contributed by atoms with Gasteiger partial charge in [-0.3, -0.25) is 9.59 Å². The van der Waals surface area contributed by atoms with Gasteiger partial charge in [-0.1, -0.05) is 24.3 Å². The van der Waals surface area contributed by atoms with Gasteiger partial charge < -0.3 is 19.3 Å². The smallest absolute Gasteiger partial charge is 0.163 e. The minimum Gasteiger partial charge on any atom is -0.504 e. The average Bonchev–Trinajstić information content (AvgIpc) is 2.78. The van der Waals surface area contributed by atoms with E-state index in [0.717, 1.165) is 18.2 Å². The minimum absolute atomic E-state index is 0.0204. The van der Waals surface area contributed by atoms with Crippen molar-refractivity contribution in [3.05, 3.63) is 59.6 Å². The van der Waals surface area contributed by atoms with Crippen molar-refractivity contribution in [1.29, 1.82) is 0 Å². The average molecular weight is 391 g/mol. The van der Waals surface area contributed by atoms with E-state index in [1.165, 1.54) is 31.4 Å². The van der Waals surface area contributed by atoms with Gasteiger partial charge in [0.25, 0.3) is 0 Å². The van der Waals surface area contributed by atoms with Crippen LogP contribution in [-0.2, 0) is 9.59 Å². The number of ether oxygens (including phenoxy) is 3. The molecule has 0 aliphatic rings. The summed E-state index contributed by atoms with van der Waals surface area (Å²) >= 11 is 0. The Bertz CT molecular complexity index is 1250. The van der Waals surface area contributed by atoms with Crippen LogP contribution in [0.1, 0.15) is 29.9 Å². The summed E-state index contributed by atoms with van der Waals surface area (Å²) < 4.78 is 81.6. The van der Waals surface area contributed by atoms with E-state index in [0.29, 0.717) is 0 Å². The van der Waals surface area contributed by atoms with Gasteiger partial charge in [0.05, 0.1) is 39.9 Å². The molecule has 0 heterocycles. The molecule has 6 heteroatoms. The normalized spacial score (nSPS) is 17.6. The van der Waals surface area contributed by atoms with Crippen molar-refractivity contribution >= 4 is 23.7 Å². The molecule has 0 fully saturated rings. The molecule has 6 nitrogen and oxygen atoms in total. The molecule has 1 N–H and O–H groups in total. The van der Waals surface area contributed by atoms with E-state index >= 15 is 0 Å². The van der Waals surface area contributed by atoms with Crippen LogP contribution in [0, 0.1) is 0 Å². The highest BCUT2D eigenvalue weighted by Gasteiger charge is 2.06. The standard InChI is InChI=1S/C22H22O6/c1-26-20-11-7-16(13-22(20)28-3)5-9-18(24)14-17(23)8-4-15-6-10-19(25)21(12-15)27-2/h4-13,25H,14H2,1-3H3/b8-4+,9-5+/i1D3,3D3,4D,8D,9D. The van der Waals surface area contributed by atoms with Crippen molar-refractivity contribution < 1.29 is 41.2 Å². The van der Waals surface area contributed by atoms with Crippen LogP contribution in [0.5, 0.6) is 23.0 Å². The lowest BCUT2D eigenvalue weighted by atomic mass is 10.1. The molecule has 2 rings (SSSR count). The Morgan fingerprint density at radius 2 is 1.64 bits per heavy atom. The highest BCUT2D eigenvalue weighted by atomic mass is 16.5. The first-order valence-electron chi connectivity index (χ1n) is 12.3. The summed E-state index contributed by atoms with van der Waals surface area (Å²) in [6, 6.07) is 5.13. The second kappa shape index (κ2) is 9.97. The molecule has 0 spiro atoms. The molecule has 146 valence electrons. The van der Waals surface area contributed by atoms with Crippen LogP contribution in [0.4, 0.5) is 0 Å². The molecule has 0 saturated heterocycles. The number of hydrogen-bond acceptors (Lipinski definition) is 6.